The van der Waals surface area contributed by atoms with Crippen molar-refractivity contribution in [3.8, 4) is 22.5 Å². The Morgan fingerprint density at radius 3 is 2.29 bits per heavy atom. The predicted octanol–water partition coefficient (Wildman–Crippen LogP) is 6.10. The zero-order valence-electron chi connectivity index (χ0n) is 18.2. The quantitative estimate of drug-likeness (QED) is 0.338. The number of hydrogen-bond acceptors (Lipinski definition) is 4. The molecule has 0 atom stereocenters. The highest BCUT2D eigenvalue weighted by Gasteiger charge is 2.38. The average molecular weight is 470 g/mol. The second-order valence-electron chi connectivity index (χ2n) is 8.17. The van der Waals surface area contributed by atoms with Crippen LogP contribution in [0.4, 0.5) is 13.2 Å². The van der Waals surface area contributed by atoms with Crippen LogP contribution in [0, 0.1) is 0 Å². The predicted molar refractivity (Wildman–Crippen MR) is 126 cm³/mol. The van der Waals surface area contributed by atoms with Gasteiger partial charge in [-0.15, -0.1) is 5.10 Å². The third-order valence-corrected chi connectivity index (χ3v) is 6.02. The molecule has 0 aliphatic heterocycles. The third kappa shape index (κ3) is 3.71. The smallest absolute Gasteiger partial charge is 0.315 e. The van der Waals surface area contributed by atoms with Gasteiger partial charge >= 0.3 is 6.18 Å². The number of nitrogens with zero attached hydrogens (tertiary/aromatic N) is 5. The van der Waals surface area contributed by atoms with E-state index in [0.717, 1.165) is 33.0 Å². The fourth-order valence-electron chi connectivity index (χ4n) is 4.46. The number of tetrazole rings is 1. The number of imidazole rings is 1. The van der Waals surface area contributed by atoms with E-state index in [0.29, 0.717) is 16.9 Å². The lowest BCUT2D eigenvalue weighted by Gasteiger charge is -2.13. The molecular weight excluding hydrogens is 453 g/mol. The van der Waals surface area contributed by atoms with E-state index in [-0.39, 0.29) is 6.54 Å². The molecule has 35 heavy (non-hydrogen) atoms. The summed E-state index contributed by atoms with van der Waals surface area (Å²) in [6, 6.07) is 25.9. The number of alkyl halides is 3. The summed E-state index contributed by atoms with van der Waals surface area (Å²) in [5, 5.41) is 15.6. The fourth-order valence-corrected chi connectivity index (χ4v) is 4.46. The number of rotatable bonds is 4. The number of H-pyrrole nitrogens is 1. The maximum Gasteiger partial charge on any atom is 0.449 e. The van der Waals surface area contributed by atoms with Gasteiger partial charge in [0.25, 0.3) is 0 Å². The van der Waals surface area contributed by atoms with Gasteiger partial charge in [0, 0.05) is 17.5 Å². The third-order valence-electron chi connectivity index (χ3n) is 6.02. The molecule has 0 saturated heterocycles. The summed E-state index contributed by atoms with van der Waals surface area (Å²) in [5.74, 6) is -0.368. The summed E-state index contributed by atoms with van der Waals surface area (Å²) in [7, 11) is 0. The van der Waals surface area contributed by atoms with Crippen LogP contribution in [-0.2, 0) is 12.7 Å². The van der Waals surface area contributed by atoms with Crippen molar-refractivity contribution in [3.63, 3.8) is 0 Å². The number of fused-ring (bicyclic) bond motifs is 3. The van der Waals surface area contributed by atoms with E-state index < -0.39 is 12.0 Å². The SMILES string of the molecule is FC(F)(F)c1nc2ccc3ccccc3c2n1Cc1ccc(-c2ccccc2-c2nnn[nH]2)cc1. The van der Waals surface area contributed by atoms with E-state index in [1.54, 1.807) is 12.1 Å². The fraction of sp³-hybridized carbons (Fsp3) is 0.0769. The first-order chi connectivity index (χ1) is 17.0. The summed E-state index contributed by atoms with van der Waals surface area (Å²) in [6.07, 6.45) is -4.58. The molecule has 2 aromatic heterocycles. The van der Waals surface area contributed by atoms with E-state index in [1.165, 1.54) is 4.57 Å². The van der Waals surface area contributed by atoms with E-state index in [2.05, 4.69) is 25.6 Å². The van der Waals surface area contributed by atoms with Crippen molar-refractivity contribution < 1.29 is 13.2 Å². The van der Waals surface area contributed by atoms with Gasteiger partial charge in [0.1, 0.15) is 0 Å². The minimum absolute atomic E-state index is 0.0350. The second kappa shape index (κ2) is 8.05. The van der Waals surface area contributed by atoms with Gasteiger partial charge < -0.3 is 4.57 Å². The van der Waals surface area contributed by atoms with Crippen LogP contribution < -0.4 is 0 Å². The maximum absolute atomic E-state index is 14.0. The Morgan fingerprint density at radius 2 is 1.54 bits per heavy atom. The Morgan fingerprint density at radius 1 is 0.800 bits per heavy atom. The molecule has 0 amide bonds. The first-order valence-electron chi connectivity index (χ1n) is 10.9. The average Bonchev–Trinajstić information content (AvgIpc) is 3.53. The second-order valence-corrected chi connectivity index (χ2v) is 8.17. The molecule has 6 rings (SSSR count). The lowest BCUT2D eigenvalue weighted by Crippen LogP contribution is -2.15. The van der Waals surface area contributed by atoms with Crippen LogP contribution in [0.25, 0.3) is 44.3 Å². The Labute approximate surface area is 197 Å². The molecule has 4 aromatic carbocycles. The molecule has 2 heterocycles. The van der Waals surface area contributed by atoms with Crippen molar-refractivity contribution in [3.05, 3.63) is 96.3 Å². The first-order valence-corrected chi connectivity index (χ1v) is 10.9. The molecule has 6 nitrogen and oxygen atoms in total. The number of halogens is 3. The number of aromatic amines is 1. The molecule has 1 N–H and O–H groups in total. The molecule has 9 heteroatoms. The summed E-state index contributed by atoms with van der Waals surface area (Å²) in [6.45, 7) is 0.0350. The molecule has 0 bridgehead atoms. The minimum Gasteiger partial charge on any atom is -0.315 e. The molecule has 0 aliphatic carbocycles. The lowest BCUT2D eigenvalue weighted by atomic mass is 9.98. The lowest BCUT2D eigenvalue weighted by molar-refractivity contribution is -0.146. The Bertz CT molecular complexity index is 1650. The number of hydrogen-bond donors (Lipinski definition) is 1. The van der Waals surface area contributed by atoms with Gasteiger partial charge in [-0.05, 0) is 38.6 Å². The maximum atomic E-state index is 14.0. The zero-order chi connectivity index (χ0) is 24.0. The molecule has 0 fully saturated rings. The normalized spacial score (nSPS) is 12.0. The van der Waals surface area contributed by atoms with Crippen LogP contribution in [0.2, 0.25) is 0 Å². The Kier molecular flexibility index (Phi) is 4.84. The Hall–Kier alpha value is -4.53. The van der Waals surface area contributed by atoms with Crippen LogP contribution in [0.1, 0.15) is 11.4 Å². The molecule has 0 saturated carbocycles. The minimum atomic E-state index is -4.58. The van der Waals surface area contributed by atoms with E-state index in [1.807, 2.05) is 72.8 Å². The molecule has 0 radical (unpaired) electrons. The van der Waals surface area contributed by atoms with Crippen LogP contribution in [-0.4, -0.2) is 30.2 Å². The van der Waals surface area contributed by atoms with Crippen LogP contribution in [0.3, 0.4) is 0 Å². The van der Waals surface area contributed by atoms with Gasteiger partial charge in [0.15, 0.2) is 5.82 Å². The van der Waals surface area contributed by atoms with Gasteiger partial charge in [0.05, 0.1) is 11.0 Å². The van der Waals surface area contributed by atoms with Crippen molar-refractivity contribution in [1.82, 2.24) is 30.2 Å². The van der Waals surface area contributed by atoms with Gasteiger partial charge in [0.2, 0.25) is 5.82 Å². The van der Waals surface area contributed by atoms with Crippen LogP contribution >= 0.6 is 0 Å². The van der Waals surface area contributed by atoms with Gasteiger partial charge in [-0.3, -0.25) is 0 Å². The summed E-state index contributed by atoms with van der Waals surface area (Å²) in [4.78, 5) is 3.95. The number of benzene rings is 4. The Balaban J connectivity index is 1.43. The van der Waals surface area contributed by atoms with Crippen molar-refractivity contribution in [2.24, 2.45) is 0 Å². The molecule has 0 spiro atoms. The highest BCUT2D eigenvalue weighted by atomic mass is 19.4. The molecular formula is C26H17F3N6. The number of aromatic nitrogens is 6. The molecule has 172 valence electrons. The van der Waals surface area contributed by atoms with Crippen LogP contribution in [0.5, 0.6) is 0 Å². The van der Waals surface area contributed by atoms with E-state index >= 15 is 0 Å². The van der Waals surface area contributed by atoms with E-state index in [4.69, 9.17) is 0 Å². The first kappa shape index (κ1) is 21.0. The molecule has 0 unspecified atom stereocenters. The molecule has 0 aliphatic rings. The highest BCUT2D eigenvalue weighted by Crippen LogP contribution is 2.35. The zero-order valence-corrected chi connectivity index (χ0v) is 18.2. The summed E-state index contributed by atoms with van der Waals surface area (Å²) in [5.41, 5.74) is 4.16. The number of nitrogens with one attached hydrogen (secondary N) is 1. The van der Waals surface area contributed by atoms with Crippen molar-refractivity contribution in [1.29, 1.82) is 0 Å². The van der Waals surface area contributed by atoms with Gasteiger partial charge in [-0.25, -0.2) is 10.1 Å². The van der Waals surface area contributed by atoms with Crippen LogP contribution in [0.15, 0.2) is 84.9 Å². The topological polar surface area (TPSA) is 72.3 Å². The van der Waals surface area contributed by atoms with Gasteiger partial charge in [-0.1, -0.05) is 78.9 Å². The van der Waals surface area contributed by atoms with Crippen molar-refractivity contribution in [2.75, 3.05) is 0 Å². The highest BCUT2D eigenvalue weighted by molar-refractivity contribution is 6.04. The monoisotopic (exact) mass is 470 g/mol. The van der Waals surface area contributed by atoms with Crippen molar-refractivity contribution >= 4 is 21.8 Å². The van der Waals surface area contributed by atoms with Gasteiger partial charge in [-0.2, -0.15) is 13.2 Å². The van der Waals surface area contributed by atoms with E-state index in [9.17, 15) is 13.2 Å². The summed E-state index contributed by atoms with van der Waals surface area (Å²) < 4.78 is 43.1. The largest absolute Gasteiger partial charge is 0.449 e. The summed E-state index contributed by atoms with van der Waals surface area (Å²) >= 11 is 0. The standard InChI is InChI=1S/C26H17F3N6/c27-26(28,29)25-30-22-14-13-17-5-1-2-7-20(17)23(22)35(25)15-16-9-11-18(12-10-16)19-6-3-4-8-21(19)24-31-33-34-32-24/h1-14H,15H2,(H,31,32,33,34). The molecule has 6 aromatic rings. The van der Waals surface area contributed by atoms with Crippen molar-refractivity contribution in [2.45, 2.75) is 12.7 Å².